The summed E-state index contributed by atoms with van der Waals surface area (Å²) in [4.78, 5) is 35.3. The zero-order chi connectivity index (χ0) is 13.0. The zero-order valence-corrected chi connectivity index (χ0v) is 9.06. The first-order valence-corrected chi connectivity index (χ1v) is 4.80. The Morgan fingerprint density at radius 1 is 1.47 bits per heavy atom. The number of Topliss-reactive ketones (excluding diaryl/α,β-unsaturated/α-hetero) is 1. The Kier molecular flexibility index (Phi) is 4.00. The molecule has 4 N–H and O–H groups in total. The maximum atomic E-state index is 11.4. The molecular formula is C10H12N2O5. The Morgan fingerprint density at radius 3 is 2.59 bits per heavy atom. The number of aromatic amines is 1. The van der Waals surface area contributed by atoms with Gasteiger partial charge < -0.3 is 20.5 Å². The van der Waals surface area contributed by atoms with Crippen molar-refractivity contribution < 1.29 is 24.6 Å². The molecule has 17 heavy (non-hydrogen) atoms. The molecule has 1 aromatic rings. The Hall–Kier alpha value is -2.15. The molecule has 7 nitrogen and oxygen atoms in total. The summed E-state index contributed by atoms with van der Waals surface area (Å²) < 4.78 is 0. The van der Waals surface area contributed by atoms with E-state index in [1.165, 1.54) is 19.2 Å². The number of carboxylic acids is 1. The van der Waals surface area contributed by atoms with Gasteiger partial charge in [-0.2, -0.15) is 0 Å². The number of ketones is 1. The fraction of sp³-hybridized carbons (Fsp3) is 0.300. The molecule has 1 amide bonds. The number of aliphatic hydroxyl groups is 1. The van der Waals surface area contributed by atoms with Crippen LogP contribution in [0.2, 0.25) is 0 Å². The van der Waals surface area contributed by atoms with Crippen LogP contribution in [-0.2, 0) is 4.79 Å². The van der Waals surface area contributed by atoms with Gasteiger partial charge in [0.1, 0.15) is 5.69 Å². The molecule has 1 rings (SSSR count). The lowest BCUT2D eigenvalue weighted by Crippen LogP contribution is -2.36. The minimum absolute atomic E-state index is 0.132. The third-order valence-corrected chi connectivity index (χ3v) is 2.08. The topological polar surface area (TPSA) is 119 Å². The predicted octanol–water partition coefficient (Wildman–Crippen LogP) is -0.607. The van der Waals surface area contributed by atoms with Crippen molar-refractivity contribution in [1.29, 1.82) is 0 Å². The molecule has 1 aromatic heterocycles. The van der Waals surface area contributed by atoms with Gasteiger partial charge in [-0.3, -0.25) is 9.59 Å². The number of aromatic nitrogens is 1. The Labute approximate surface area is 96.5 Å². The van der Waals surface area contributed by atoms with Crippen LogP contribution in [0.5, 0.6) is 0 Å². The summed E-state index contributed by atoms with van der Waals surface area (Å²) in [6, 6.07) is 1.35. The van der Waals surface area contributed by atoms with E-state index in [0.717, 1.165) is 0 Å². The molecule has 0 aliphatic heterocycles. The third kappa shape index (κ3) is 3.42. The first kappa shape index (κ1) is 12.9. The number of aliphatic carboxylic acids is 1. The van der Waals surface area contributed by atoms with Crippen LogP contribution < -0.4 is 5.32 Å². The first-order chi connectivity index (χ1) is 7.91. The summed E-state index contributed by atoms with van der Waals surface area (Å²) in [7, 11) is 0. The second kappa shape index (κ2) is 5.26. The van der Waals surface area contributed by atoms with Crippen LogP contribution in [0.4, 0.5) is 0 Å². The SMILES string of the molecule is CC(=O)c1c[nH]c(C(=O)NCC(O)C(=O)O)c1. The van der Waals surface area contributed by atoms with Gasteiger partial charge in [-0.25, -0.2) is 4.79 Å². The monoisotopic (exact) mass is 240 g/mol. The van der Waals surface area contributed by atoms with Crippen LogP contribution in [-0.4, -0.2) is 45.5 Å². The van der Waals surface area contributed by atoms with Crippen molar-refractivity contribution in [1.82, 2.24) is 10.3 Å². The molecule has 0 spiro atoms. The van der Waals surface area contributed by atoms with Gasteiger partial charge in [-0.1, -0.05) is 0 Å². The Balaban J connectivity index is 2.58. The van der Waals surface area contributed by atoms with Gasteiger partial charge in [0.15, 0.2) is 11.9 Å². The molecule has 0 saturated carbocycles. The Bertz CT molecular complexity index is 451. The standard InChI is InChI=1S/C10H12N2O5/c1-5(13)6-2-7(11-3-6)9(15)12-4-8(14)10(16)17/h2-3,8,11,14H,4H2,1H3,(H,12,15)(H,16,17). The second-order valence-electron chi connectivity index (χ2n) is 3.42. The van der Waals surface area contributed by atoms with Crippen molar-refractivity contribution in [2.24, 2.45) is 0 Å². The average Bonchev–Trinajstić information content (AvgIpc) is 2.74. The molecule has 0 aliphatic carbocycles. The van der Waals surface area contributed by atoms with Crippen LogP contribution >= 0.6 is 0 Å². The van der Waals surface area contributed by atoms with Gasteiger partial charge in [-0.05, 0) is 13.0 Å². The first-order valence-electron chi connectivity index (χ1n) is 4.80. The lowest BCUT2D eigenvalue weighted by atomic mass is 10.2. The minimum atomic E-state index is -1.65. The third-order valence-electron chi connectivity index (χ3n) is 2.08. The van der Waals surface area contributed by atoms with Crippen molar-refractivity contribution >= 4 is 17.7 Å². The molecule has 1 atom stereocenters. The van der Waals surface area contributed by atoms with Gasteiger partial charge in [0, 0.05) is 11.8 Å². The summed E-state index contributed by atoms with van der Waals surface area (Å²) in [5.41, 5.74) is 0.488. The number of rotatable bonds is 5. The molecule has 1 unspecified atom stereocenters. The molecule has 92 valence electrons. The number of hydrogen-bond donors (Lipinski definition) is 4. The van der Waals surface area contributed by atoms with Gasteiger partial charge in [0.05, 0.1) is 6.54 Å². The van der Waals surface area contributed by atoms with Gasteiger partial charge >= 0.3 is 5.97 Å². The van der Waals surface area contributed by atoms with Crippen molar-refractivity contribution in [3.05, 3.63) is 23.5 Å². The summed E-state index contributed by atoms with van der Waals surface area (Å²) >= 11 is 0. The highest BCUT2D eigenvalue weighted by Gasteiger charge is 2.16. The lowest BCUT2D eigenvalue weighted by Gasteiger charge is -2.06. The molecule has 0 aromatic carbocycles. The predicted molar refractivity (Wildman–Crippen MR) is 56.8 cm³/mol. The maximum Gasteiger partial charge on any atom is 0.334 e. The van der Waals surface area contributed by atoms with E-state index in [9.17, 15) is 14.4 Å². The smallest absolute Gasteiger partial charge is 0.334 e. The number of hydrogen-bond acceptors (Lipinski definition) is 4. The van der Waals surface area contributed by atoms with Crippen LogP contribution in [0.3, 0.4) is 0 Å². The van der Waals surface area contributed by atoms with E-state index < -0.39 is 24.5 Å². The normalized spacial score (nSPS) is 11.9. The molecule has 0 fully saturated rings. The number of aliphatic hydroxyl groups excluding tert-OH is 1. The summed E-state index contributed by atoms with van der Waals surface area (Å²) in [6.07, 6.45) is -0.272. The second-order valence-corrected chi connectivity index (χ2v) is 3.42. The number of H-pyrrole nitrogens is 1. The van der Waals surface area contributed by atoms with E-state index in [-0.39, 0.29) is 11.5 Å². The van der Waals surface area contributed by atoms with Crippen molar-refractivity contribution in [2.45, 2.75) is 13.0 Å². The minimum Gasteiger partial charge on any atom is -0.479 e. The molecule has 0 aliphatic rings. The van der Waals surface area contributed by atoms with Gasteiger partial charge in [-0.15, -0.1) is 0 Å². The summed E-state index contributed by atoms with van der Waals surface area (Å²) in [5, 5.41) is 19.5. The van der Waals surface area contributed by atoms with Crippen LogP contribution in [0.15, 0.2) is 12.3 Å². The van der Waals surface area contributed by atoms with Crippen molar-refractivity contribution in [3.8, 4) is 0 Å². The highest BCUT2D eigenvalue weighted by atomic mass is 16.4. The molecule has 0 saturated heterocycles. The van der Waals surface area contributed by atoms with E-state index in [1.807, 2.05) is 0 Å². The quantitative estimate of drug-likeness (QED) is 0.512. The average molecular weight is 240 g/mol. The van der Waals surface area contributed by atoms with Crippen molar-refractivity contribution in [2.75, 3.05) is 6.54 Å². The van der Waals surface area contributed by atoms with Gasteiger partial charge in [0.25, 0.3) is 5.91 Å². The van der Waals surface area contributed by atoms with E-state index in [2.05, 4.69) is 10.3 Å². The Morgan fingerprint density at radius 2 is 2.12 bits per heavy atom. The van der Waals surface area contributed by atoms with Gasteiger partial charge in [0.2, 0.25) is 0 Å². The zero-order valence-electron chi connectivity index (χ0n) is 9.06. The summed E-state index contributed by atoms with van der Waals surface area (Å²) in [5.74, 6) is -2.19. The lowest BCUT2D eigenvalue weighted by molar-refractivity contribution is -0.146. The summed E-state index contributed by atoms with van der Waals surface area (Å²) in [6.45, 7) is 0.960. The van der Waals surface area contributed by atoms with Crippen LogP contribution in [0, 0.1) is 0 Å². The fourth-order valence-corrected chi connectivity index (χ4v) is 1.10. The number of carbonyl (C=O) groups is 3. The van der Waals surface area contributed by atoms with Crippen molar-refractivity contribution in [3.63, 3.8) is 0 Å². The highest BCUT2D eigenvalue weighted by molar-refractivity contribution is 5.99. The van der Waals surface area contributed by atoms with E-state index in [0.29, 0.717) is 5.56 Å². The van der Waals surface area contributed by atoms with Crippen LogP contribution in [0.1, 0.15) is 27.8 Å². The fourth-order valence-electron chi connectivity index (χ4n) is 1.10. The molecule has 0 bridgehead atoms. The van der Waals surface area contributed by atoms with E-state index in [1.54, 1.807) is 0 Å². The molecule has 1 heterocycles. The van der Waals surface area contributed by atoms with E-state index in [4.69, 9.17) is 10.2 Å². The van der Waals surface area contributed by atoms with E-state index >= 15 is 0 Å². The highest BCUT2D eigenvalue weighted by Crippen LogP contribution is 2.04. The number of carbonyl (C=O) groups excluding carboxylic acids is 2. The molecule has 0 radical (unpaired) electrons. The number of carboxylic acid groups (broad SMARTS) is 1. The molecular weight excluding hydrogens is 228 g/mol. The largest absolute Gasteiger partial charge is 0.479 e. The maximum absolute atomic E-state index is 11.4. The number of amides is 1. The van der Waals surface area contributed by atoms with Crippen LogP contribution in [0.25, 0.3) is 0 Å². The number of nitrogens with one attached hydrogen (secondary N) is 2. The molecule has 7 heteroatoms.